The Labute approximate surface area is 113 Å². The fourth-order valence-corrected chi connectivity index (χ4v) is 1.57. The van der Waals surface area contributed by atoms with Crippen LogP contribution >= 0.6 is 0 Å². The summed E-state index contributed by atoms with van der Waals surface area (Å²) >= 11 is 0. The summed E-state index contributed by atoms with van der Waals surface area (Å²) in [5, 5.41) is 12.7. The third kappa shape index (κ3) is 6.00. The molecule has 0 saturated heterocycles. The molecule has 1 rings (SSSR count). The lowest BCUT2D eigenvalue weighted by atomic mass is 10.2. The van der Waals surface area contributed by atoms with Crippen LogP contribution in [-0.2, 0) is 11.3 Å². The zero-order valence-corrected chi connectivity index (χ0v) is 11.6. The predicted molar refractivity (Wildman–Crippen MR) is 71.8 cm³/mol. The van der Waals surface area contributed by atoms with Gasteiger partial charge in [0.05, 0.1) is 6.61 Å². The molecule has 1 unspecified atom stereocenters. The number of methoxy groups -OCH3 is 1. The molecule has 5 heteroatoms. The third-order valence-corrected chi connectivity index (χ3v) is 2.51. The molecule has 2 N–H and O–H groups in total. The first-order chi connectivity index (χ1) is 9.02. The van der Waals surface area contributed by atoms with E-state index in [1.165, 1.54) is 19.2 Å². The van der Waals surface area contributed by atoms with Crippen molar-refractivity contribution in [3.05, 3.63) is 29.6 Å². The zero-order valence-electron chi connectivity index (χ0n) is 11.6. The number of hydrogen-bond donors (Lipinski definition) is 2. The van der Waals surface area contributed by atoms with Gasteiger partial charge in [-0.3, -0.25) is 0 Å². The molecular formula is C14H22FNO3. The number of benzene rings is 1. The van der Waals surface area contributed by atoms with Gasteiger partial charge in [0.25, 0.3) is 0 Å². The van der Waals surface area contributed by atoms with Gasteiger partial charge in [-0.25, -0.2) is 4.39 Å². The summed E-state index contributed by atoms with van der Waals surface area (Å²) < 4.78 is 23.6. The third-order valence-electron chi connectivity index (χ3n) is 2.51. The molecule has 1 aromatic carbocycles. The van der Waals surface area contributed by atoms with Crippen molar-refractivity contribution < 1.29 is 19.0 Å². The lowest BCUT2D eigenvalue weighted by Gasteiger charge is -2.16. The van der Waals surface area contributed by atoms with E-state index in [9.17, 15) is 9.50 Å². The summed E-state index contributed by atoms with van der Waals surface area (Å²) in [6, 6.07) is 4.66. The number of nitrogens with one attached hydrogen (secondary N) is 1. The number of aliphatic hydroxyl groups excluding tert-OH is 1. The van der Waals surface area contributed by atoms with Crippen LogP contribution < -0.4 is 10.1 Å². The molecule has 0 radical (unpaired) electrons. The monoisotopic (exact) mass is 271 g/mol. The number of halogens is 1. The van der Waals surface area contributed by atoms with Crippen LogP contribution in [0.4, 0.5) is 4.39 Å². The summed E-state index contributed by atoms with van der Waals surface area (Å²) in [6.45, 7) is 4.88. The highest BCUT2D eigenvalue weighted by molar-refractivity contribution is 5.34. The standard InChI is InChI=1S/C14H22FNO3/c1-10(2)16-7-11-6-12(15)4-5-14(11)19-9-13(17)8-18-3/h4-6,10,13,16-17H,7-9H2,1-3H3. The van der Waals surface area contributed by atoms with Crippen LogP contribution in [0.3, 0.4) is 0 Å². The molecule has 0 amide bonds. The van der Waals surface area contributed by atoms with Crippen LogP contribution in [0.1, 0.15) is 19.4 Å². The summed E-state index contributed by atoms with van der Waals surface area (Å²) in [4.78, 5) is 0. The smallest absolute Gasteiger partial charge is 0.124 e. The molecule has 108 valence electrons. The quantitative estimate of drug-likeness (QED) is 0.756. The van der Waals surface area contributed by atoms with Gasteiger partial charge in [0.15, 0.2) is 0 Å². The van der Waals surface area contributed by atoms with Crippen LogP contribution in [0.5, 0.6) is 5.75 Å². The summed E-state index contributed by atoms with van der Waals surface area (Å²) in [6.07, 6.45) is -0.694. The highest BCUT2D eigenvalue weighted by Crippen LogP contribution is 2.20. The number of rotatable bonds is 8. The molecule has 19 heavy (non-hydrogen) atoms. The summed E-state index contributed by atoms with van der Waals surface area (Å²) in [5.74, 6) is 0.273. The van der Waals surface area contributed by atoms with Crippen molar-refractivity contribution in [2.75, 3.05) is 20.3 Å². The minimum absolute atomic E-state index is 0.119. The van der Waals surface area contributed by atoms with Crippen molar-refractivity contribution in [2.24, 2.45) is 0 Å². The first-order valence-electron chi connectivity index (χ1n) is 6.34. The highest BCUT2D eigenvalue weighted by Gasteiger charge is 2.09. The Balaban J connectivity index is 2.65. The average molecular weight is 271 g/mol. The Kier molecular flexibility index (Phi) is 6.77. The van der Waals surface area contributed by atoms with E-state index < -0.39 is 6.10 Å². The Hall–Kier alpha value is -1.17. The molecular weight excluding hydrogens is 249 g/mol. The first kappa shape index (κ1) is 15.9. The van der Waals surface area contributed by atoms with Crippen LogP contribution in [0.2, 0.25) is 0 Å². The second-order valence-electron chi connectivity index (χ2n) is 4.71. The molecule has 0 aromatic heterocycles. The van der Waals surface area contributed by atoms with Crippen molar-refractivity contribution in [1.82, 2.24) is 5.32 Å². The van der Waals surface area contributed by atoms with E-state index >= 15 is 0 Å². The van der Waals surface area contributed by atoms with Crippen molar-refractivity contribution in [1.29, 1.82) is 0 Å². The van der Waals surface area contributed by atoms with Crippen LogP contribution in [0.25, 0.3) is 0 Å². The molecule has 0 saturated carbocycles. The lowest BCUT2D eigenvalue weighted by molar-refractivity contribution is 0.0323. The van der Waals surface area contributed by atoms with Gasteiger partial charge < -0.3 is 19.9 Å². The Morgan fingerprint density at radius 3 is 2.68 bits per heavy atom. The minimum Gasteiger partial charge on any atom is -0.490 e. The second-order valence-corrected chi connectivity index (χ2v) is 4.71. The van der Waals surface area contributed by atoms with Crippen LogP contribution in [-0.4, -0.2) is 37.6 Å². The second kappa shape index (κ2) is 8.09. The van der Waals surface area contributed by atoms with Crippen molar-refractivity contribution in [2.45, 2.75) is 32.5 Å². The molecule has 0 spiro atoms. The van der Waals surface area contributed by atoms with E-state index in [1.54, 1.807) is 6.07 Å². The molecule has 0 heterocycles. The van der Waals surface area contributed by atoms with E-state index in [2.05, 4.69) is 5.32 Å². The van der Waals surface area contributed by atoms with Gasteiger partial charge in [0, 0.05) is 25.3 Å². The van der Waals surface area contributed by atoms with E-state index in [1.807, 2.05) is 13.8 Å². The topological polar surface area (TPSA) is 50.7 Å². The SMILES string of the molecule is COCC(O)COc1ccc(F)cc1CNC(C)C. The fourth-order valence-electron chi connectivity index (χ4n) is 1.57. The molecule has 0 fully saturated rings. The molecule has 1 aromatic rings. The highest BCUT2D eigenvalue weighted by atomic mass is 19.1. The average Bonchev–Trinajstić information content (AvgIpc) is 2.35. The Morgan fingerprint density at radius 1 is 1.32 bits per heavy atom. The molecule has 0 bridgehead atoms. The fraction of sp³-hybridized carbons (Fsp3) is 0.571. The summed E-state index contributed by atoms with van der Waals surface area (Å²) in [7, 11) is 1.51. The van der Waals surface area contributed by atoms with E-state index in [-0.39, 0.29) is 19.0 Å². The lowest BCUT2D eigenvalue weighted by Crippen LogP contribution is -2.24. The van der Waals surface area contributed by atoms with Crippen LogP contribution in [0, 0.1) is 5.82 Å². The Bertz CT molecular complexity index is 385. The number of ether oxygens (including phenoxy) is 2. The van der Waals surface area contributed by atoms with Gasteiger partial charge in [-0.1, -0.05) is 13.8 Å². The van der Waals surface area contributed by atoms with E-state index in [0.717, 1.165) is 5.56 Å². The molecule has 0 aliphatic carbocycles. The maximum absolute atomic E-state index is 13.2. The van der Waals surface area contributed by atoms with Crippen molar-refractivity contribution in [3.63, 3.8) is 0 Å². The first-order valence-corrected chi connectivity index (χ1v) is 6.34. The Morgan fingerprint density at radius 2 is 2.05 bits per heavy atom. The zero-order chi connectivity index (χ0) is 14.3. The van der Waals surface area contributed by atoms with Gasteiger partial charge in [-0.15, -0.1) is 0 Å². The summed E-state index contributed by atoms with van der Waals surface area (Å²) in [5.41, 5.74) is 0.735. The van der Waals surface area contributed by atoms with Crippen molar-refractivity contribution in [3.8, 4) is 5.75 Å². The van der Waals surface area contributed by atoms with Gasteiger partial charge in [-0.2, -0.15) is 0 Å². The van der Waals surface area contributed by atoms with Crippen LogP contribution in [0.15, 0.2) is 18.2 Å². The maximum atomic E-state index is 13.2. The van der Waals surface area contributed by atoms with E-state index in [4.69, 9.17) is 9.47 Å². The molecule has 0 aliphatic heterocycles. The number of hydrogen-bond acceptors (Lipinski definition) is 4. The number of aliphatic hydroxyl groups is 1. The van der Waals surface area contributed by atoms with Gasteiger partial charge in [-0.05, 0) is 18.2 Å². The van der Waals surface area contributed by atoms with Crippen molar-refractivity contribution >= 4 is 0 Å². The van der Waals surface area contributed by atoms with Gasteiger partial charge in [0.2, 0.25) is 0 Å². The van der Waals surface area contributed by atoms with Gasteiger partial charge >= 0.3 is 0 Å². The molecule has 0 aliphatic rings. The molecule has 4 nitrogen and oxygen atoms in total. The predicted octanol–water partition coefficient (Wildman–Crippen LogP) is 1.71. The minimum atomic E-state index is -0.694. The van der Waals surface area contributed by atoms with E-state index in [0.29, 0.717) is 18.3 Å². The largest absolute Gasteiger partial charge is 0.490 e. The normalized spacial score (nSPS) is 12.7. The molecule has 1 atom stereocenters. The van der Waals surface area contributed by atoms with Gasteiger partial charge in [0.1, 0.15) is 24.3 Å². The maximum Gasteiger partial charge on any atom is 0.124 e.